The summed E-state index contributed by atoms with van der Waals surface area (Å²) >= 11 is 0. The Kier molecular flexibility index (Phi) is 3.80. The Labute approximate surface area is 96.5 Å². The van der Waals surface area contributed by atoms with Gasteiger partial charge < -0.3 is 15.2 Å². The van der Waals surface area contributed by atoms with Crippen molar-refractivity contribution in [3.63, 3.8) is 0 Å². The molecule has 3 nitrogen and oxygen atoms in total. The highest BCUT2D eigenvalue weighted by molar-refractivity contribution is 5.30. The van der Waals surface area contributed by atoms with Gasteiger partial charge in [-0.05, 0) is 36.5 Å². The molecule has 3 heteroatoms. The van der Waals surface area contributed by atoms with E-state index < -0.39 is 0 Å². The van der Waals surface area contributed by atoms with Crippen LogP contribution in [-0.4, -0.2) is 20.3 Å². The molecule has 1 aromatic carbocycles. The van der Waals surface area contributed by atoms with E-state index in [-0.39, 0.29) is 6.04 Å². The van der Waals surface area contributed by atoms with Gasteiger partial charge >= 0.3 is 0 Å². The van der Waals surface area contributed by atoms with Crippen LogP contribution in [0.15, 0.2) is 24.3 Å². The molecule has 0 saturated carbocycles. The number of rotatable bonds is 3. The smallest absolute Gasteiger partial charge is 0.119 e. The van der Waals surface area contributed by atoms with Gasteiger partial charge in [0.2, 0.25) is 0 Å². The minimum Gasteiger partial charge on any atom is -0.497 e. The molecule has 1 heterocycles. The van der Waals surface area contributed by atoms with E-state index in [4.69, 9.17) is 15.2 Å². The predicted octanol–water partition coefficient (Wildman–Crippen LogP) is 2.12. The molecule has 2 rings (SSSR count). The number of benzene rings is 1. The summed E-state index contributed by atoms with van der Waals surface area (Å²) in [6.45, 7) is 1.67. The standard InChI is InChI=1S/C13H19NO2/c1-15-12-4-2-3-11(9-12)13(14)10-5-7-16-8-6-10/h2-4,9-10,13H,5-8,14H2,1H3. The highest BCUT2D eigenvalue weighted by Gasteiger charge is 2.22. The molecule has 1 fully saturated rings. The first-order valence-electron chi connectivity index (χ1n) is 5.78. The quantitative estimate of drug-likeness (QED) is 0.850. The van der Waals surface area contributed by atoms with E-state index in [2.05, 4.69) is 6.07 Å². The Balaban J connectivity index is 2.09. The van der Waals surface area contributed by atoms with Crippen LogP contribution < -0.4 is 10.5 Å². The van der Waals surface area contributed by atoms with Gasteiger partial charge in [0.05, 0.1) is 7.11 Å². The largest absolute Gasteiger partial charge is 0.497 e. The van der Waals surface area contributed by atoms with E-state index in [1.807, 2.05) is 18.2 Å². The van der Waals surface area contributed by atoms with Gasteiger partial charge in [0.25, 0.3) is 0 Å². The van der Waals surface area contributed by atoms with E-state index in [1.54, 1.807) is 7.11 Å². The van der Waals surface area contributed by atoms with Gasteiger partial charge in [-0.2, -0.15) is 0 Å². The predicted molar refractivity (Wildman–Crippen MR) is 63.5 cm³/mol. The van der Waals surface area contributed by atoms with Crippen LogP contribution in [-0.2, 0) is 4.74 Å². The summed E-state index contributed by atoms with van der Waals surface area (Å²) in [5.74, 6) is 1.40. The fourth-order valence-corrected chi connectivity index (χ4v) is 2.20. The normalized spacial score (nSPS) is 19.4. The fraction of sp³-hybridized carbons (Fsp3) is 0.538. The molecule has 0 aliphatic carbocycles. The molecule has 1 aromatic rings. The lowest BCUT2D eigenvalue weighted by molar-refractivity contribution is 0.0583. The lowest BCUT2D eigenvalue weighted by atomic mass is 9.88. The summed E-state index contributed by atoms with van der Waals surface area (Å²) < 4.78 is 10.6. The van der Waals surface area contributed by atoms with Crippen LogP contribution in [0.1, 0.15) is 24.4 Å². The second-order valence-electron chi connectivity index (χ2n) is 4.25. The zero-order valence-electron chi connectivity index (χ0n) is 9.69. The van der Waals surface area contributed by atoms with E-state index in [0.717, 1.165) is 37.4 Å². The first-order valence-corrected chi connectivity index (χ1v) is 5.78. The number of hydrogen-bond acceptors (Lipinski definition) is 3. The summed E-state index contributed by atoms with van der Waals surface area (Å²) in [5, 5.41) is 0. The van der Waals surface area contributed by atoms with Crippen molar-refractivity contribution < 1.29 is 9.47 Å². The first kappa shape index (κ1) is 11.4. The summed E-state index contributed by atoms with van der Waals surface area (Å²) in [4.78, 5) is 0. The lowest BCUT2D eigenvalue weighted by Crippen LogP contribution is -2.27. The van der Waals surface area contributed by atoms with E-state index in [0.29, 0.717) is 5.92 Å². The highest BCUT2D eigenvalue weighted by atomic mass is 16.5. The monoisotopic (exact) mass is 221 g/mol. The first-order chi connectivity index (χ1) is 7.81. The molecule has 2 N–H and O–H groups in total. The summed E-state index contributed by atoms with van der Waals surface area (Å²) in [7, 11) is 1.68. The van der Waals surface area contributed by atoms with Crippen LogP contribution in [0.25, 0.3) is 0 Å². The highest BCUT2D eigenvalue weighted by Crippen LogP contribution is 2.29. The average molecular weight is 221 g/mol. The number of methoxy groups -OCH3 is 1. The maximum absolute atomic E-state index is 6.28. The van der Waals surface area contributed by atoms with Crippen molar-refractivity contribution in [3.8, 4) is 5.75 Å². The zero-order chi connectivity index (χ0) is 11.4. The van der Waals surface area contributed by atoms with Crippen LogP contribution in [0, 0.1) is 5.92 Å². The van der Waals surface area contributed by atoms with Crippen LogP contribution in [0.5, 0.6) is 5.75 Å². The zero-order valence-corrected chi connectivity index (χ0v) is 9.69. The molecule has 0 amide bonds. The number of nitrogens with two attached hydrogens (primary N) is 1. The third-order valence-electron chi connectivity index (χ3n) is 3.25. The van der Waals surface area contributed by atoms with Crippen molar-refractivity contribution in [3.05, 3.63) is 29.8 Å². The summed E-state index contributed by atoms with van der Waals surface area (Å²) in [5.41, 5.74) is 7.44. The molecule has 88 valence electrons. The minimum absolute atomic E-state index is 0.0963. The van der Waals surface area contributed by atoms with Crippen molar-refractivity contribution in [1.29, 1.82) is 0 Å². The van der Waals surface area contributed by atoms with Gasteiger partial charge in [0, 0.05) is 19.3 Å². The Bertz CT molecular complexity index is 334. The third-order valence-corrected chi connectivity index (χ3v) is 3.25. The SMILES string of the molecule is COc1cccc(C(N)C2CCOCC2)c1. The topological polar surface area (TPSA) is 44.5 Å². The van der Waals surface area contributed by atoms with Gasteiger partial charge in [-0.1, -0.05) is 12.1 Å². The molecule has 1 saturated heterocycles. The molecular weight excluding hydrogens is 202 g/mol. The molecule has 0 spiro atoms. The van der Waals surface area contributed by atoms with Crippen molar-refractivity contribution in [2.24, 2.45) is 11.7 Å². The van der Waals surface area contributed by atoms with Crippen LogP contribution in [0.4, 0.5) is 0 Å². The second-order valence-corrected chi connectivity index (χ2v) is 4.25. The number of hydrogen-bond donors (Lipinski definition) is 1. The molecule has 1 aliphatic rings. The molecule has 16 heavy (non-hydrogen) atoms. The maximum Gasteiger partial charge on any atom is 0.119 e. The van der Waals surface area contributed by atoms with Crippen molar-refractivity contribution >= 4 is 0 Å². The van der Waals surface area contributed by atoms with E-state index in [9.17, 15) is 0 Å². The van der Waals surface area contributed by atoms with E-state index in [1.165, 1.54) is 0 Å². The minimum atomic E-state index is 0.0963. The molecule has 0 aromatic heterocycles. The van der Waals surface area contributed by atoms with Crippen LogP contribution >= 0.6 is 0 Å². The van der Waals surface area contributed by atoms with Crippen LogP contribution in [0.2, 0.25) is 0 Å². The third kappa shape index (κ3) is 2.54. The molecular formula is C13H19NO2. The Hall–Kier alpha value is -1.06. The van der Waals surface area contributed by atoms with E-state index >= 15 is 0 Å². The Morgan fingerprint density at radius 3 is 2.81 bits per heavy atom. The molecule has 0 bridgehead atoms. The van der Waals surface area contributed by atoms with Crippen molar-refractivity contribution in [1.82, 2.24) is 0 Å². The van der Waals surface area contributed by atoms with Gasteiger partial charge in [-0.15, -0.1) is 0 Å². The maximum atomic E-state index is 6.28. The summed E-state index contributed by atoms with van der Waals surface area (Å²) in [6.07, 6.45) is 2.11. The number of ether oxygens (including phenoxy) is 2. The summed E-state index contributed by atoms with van der Waals surface area (Å²) in [6, 6.07) is 8.13. The van der Waals surface area contributed by atoms with Gasteiger partial charge in [-0.25, -0.2) is 0 Å². The lowest BCUT2D eigenvalue weighted by Gasteiger charge is -2.28. The van der Waals surface area contributed by atoms with Crippen molar-refractivity contribution in [2.45, 2.75) is 18.9 Å². The average Bonchev–Trinajstić information content (AvgIpc) is 2.39. The van der Waals surface area contributed by atoms with Gasteiger partial charge in [0.15, 0.2) is 0 Å². The Morgan fingerprint density at radius 1 is 1.38 bits per heavy atom. The second kappa shape index (κ2) is 5.32. The molecule has 0 radical (unpaired) electrons. The molecule has 1 aliphatic heterocycles. The van der Waals surface area contributed by atoms with Crippen molar-refractivity contribution in [2.75, 3.05) is 20.3 Å². The fourth-order valence-electron chi connectivity index (χ4n) is 2.20. The van der Waals surface area contributed by atoms with Gasteiger partial charge in [0.1, 0.15) is 5.75 Å². The Morgan fingerprint density at radius 2 is 2.12 bits per heavy atom. The van der Waals surface area contributed by atoms with Gasteiger partial charge in [-0.3, -0.25) is 0 Å². The molecule has 1 atom stereocenters. The van der Waals surface area contributed by atoms with Crippen LogP contribution in [0.3, 0.4) is 0 Å². The molecule has 1 unspecified atom stereocenters.